The lowest BCUT2D eigenvalue weighted by molar-refractivity contribution is -0.116. The number of nitrogens with zero attached hydrogens (tertiary/aromatic N) is 1. The number of hydrogen-bond acceptors (Lipinski definition) is 3. The van der Waals surface area contributed by atoms with Crippen LogP contribution in [0, 0.1) is 5.82 Å². The van der Waals surface area contributed by atoms with Crippen LogP contribution >= 0.6 is 0 Å². The molecule has 0 unspecified atom stereocenters. The van der Waals surface area contributed by atoms with Crippen molar-refractivity contribution >= 4 is 11.6 Å². The number of anilines is 1. The fourth-order valence-corrected chi connectivity index (χ4v) is 1.68. The third kappa shape index (κ3) is 4.78. The van der Waals surface area contributed by atoms with Crippen LogP contribution in [-0.4, -0.2) is 17.4 Å². The van der Waals surface area contributed by atoms with Gasteiger partial charge in [-0.2, -0.15) is 0 Å². The van der Waals surface area contributed by atoms with Gasteiger partial charge in [0, 0.05) is 31.4 Å². The average molecular weight is 273 g/mol. The summed E-state index contributed by atoms with van der Waals surface area (Å²) in [6.07, 6.45) is 2.09. The van der Waals surface area contributed by atoms with Crippen molar-refractivity contribution < 1.29 is 9.18 Å². The molecular weight excluding hydrogens is 257 g/mol. The van der Waals surface area contributed by atoms with E-state index in [1.165, 1.54) is 24.3 Å². The van der Waals surface area contributed by atoms with Gasteiger partial charge in [-0.25, -0.2) is 4.39 Å². The topological polar surface area (TPSA) is 54.0 Å². The summed E-state index contributed by atoms with van der Waals surface area (Å²) in [5.41, 5.74) is 1.53. The van der Waals surface area contributed by atoms with Crippen molar-refractivity contribution in [2.24, 2.45) is 0 Å². The number of carbonyl (C=O) groups excluding carboxylic acids is 1. The molecule has 0 atom stereocenters. The van der Waals surface area contributed by atoms with Crippen molar-refractivity contribution in [1.82, 2.24) is 10.3 Å². The molecule has 0 bridgehead atoms. The molecule has 20 heavy (non-hydrogen) atoms. The Kier molecular flexibility index (Phi) is 5.20. The molecule has 4 nitrogen and oxygen atoms in total. The molecule has 0 saturated carbocycles. The number of aromatic nitrogens is 1. The molecule has 1 aromatic heterocycles. The highest BCUT2D eigenvalue weighted by molar-refractivity contribution is 5.90. The van der Waals surface area contributed by atoms with Crippen molar-refractivity contribution in [3.63, 3.8) is 0 Å². The quantitative estimate of drug-likeness (QED) is 0.794. The van der Waals surface area contributed by atoms with Crippen molar-refractivity contribution in [2.75, 3.05) is 11.9 Å². The molecular formula is C15H16FN3O. The van der Waals surface area contributed by atoms with Crippen molar-refractivity contribution in [2.45, 2.75) is 13.0 Å². The second-order valence-corrected chi connectivity index (χ2v) is 4.30. The molecule has 2 N–H and O–H groups in total. The van der Waals surface area contributed by atoms with Crippen LogP contribution in [0.4, 0.5) is 10.1 Å². The van der Waals surface area contributed by atoms with Crippen molar-refractivity contribution in [3.05, 3.63) is 60.2 Å². The molecule has 0 aliphatic heterocycles. The fraction of sp³-hybridized carbons (Fsp3) is 0.200. The van der Waals surface area contributed by atoms with E-state index in [4.69, 9.17) is 0 Å². The highest BCUT2D eigenvalue weighted by Gasteiger charge is 2.02. The molecule has 0 saturated heterocycles. The molecule has 0 fully saturated rings. The number of amides is 1. The van der Waals surface area contributed by atoms with Crippen LogP contribution in [0.3, 0.4) is 0 Å². The maximum absolute atomic E-state index is 12.7. The maximum Gasteiger partial charge on any atom is 0.225 e. The monoisotopic (exact) mass is 273 g/mol. The van der Waals surface area contributed by atoms with Gasteiger partial charge in [0.1, 0.15) is 5.82 Å². The second kappa shape index (κ2) is 7.35. The van der Waals surface area contributed by atoms with Gasteiger partial charge in [0.05, 0.1) is 5.69 Å². The number of hydrogen-bond donors (Lipinski definition) is 2. The summed E-state index contributed by atoms with van der Waals surface area (Å²) in [5, 5.41) is 5.85. The maximum atomic E-state index is 12.7. The summed E-state index contributed by atoms with van der Waals surface area (Å²) in [7, 11) is 0. The zero-order valence-electron chi connectivity index (χ0n) is 11.0. The summed E-state index contributed by atoms with van der Waals surface area (Å²) >= 11 is 0. The minimum absolute atomic E-state index is 0.106. The van der Waals surface area contributed by atoms with Crippen molar-refractivity contribution in [3.8, 4) is 0 Å². The third-order valence-corrected chi connectivity index (χ3v) is 2.69. The van der Waals surface area contributed by atoms with Crippen molar-refractivity contribution in [1.29, 1.82) is 0 Å². The van der Waals surface area contributed by atoms with E-state index in [-0.39, 0.29) is 11.7 Å². The first-order chi connectivity index (χ1) is 9.74. The van der Waals surface area contributed by atoms with E-state index in [2.05, 4.69) is 15.6 Å². The van der Waals surface area contributed by atoms with Gasteiger partial charge in [-0.15, -0.1) is 0 Å². The second-order valence-electron chi connectivity index (χ2n) is 4.30. The van der Waals surface area contributed by atoms with E-state index in [0.29, 0.717) is 25.2 Å². The number of carbonyl (C=O) groups is 1. The normalized spacial score (nSPS) is 10.2. The Morgan fingerprint density at radius 3 is 2.65 bits per heavy atom. The van der Waals surface area contributed by atoms with Gasteiger partial charge in [-0.05, 0) is 36.4 Å². The lowest BCUT2D eigenvalue weighted by atomic mass is 10.3. The first kappa shape index (κ1) is 14.1. The summed E-state index contributed by atoms with van der Waals surface area (Å²) < 4.78 is 12.7. The largest absolute Gasteiger partial charge is 0.326 e. The zero-order valence-corrected chi connectivity index (χ0v) is 11.0. The SMILES string of the molecule is O=C(CCNCc1ccccn1)Nc1ccc(F)cc1. The summed E-state index contributed by atoms with van der Waals surface area (Å²) in [6, 6.07) is 11.4. The van der Waals surface area contributed by atoms with E-state index in [0.717, 1.165) is 5.69 Å². The Morgan fingerprint density at radius 2 is 1.95 bits per heavy atom. The Bertz CT molecular complexity index is 543. The third-order valence-electron chi connectivity index (χ3n) is 2.69. The van der Waals surface area contributed by atoms with Gasteiger partial charge in [0.25, 0.3) is 0 Å². The van der Waals surface area contributed by atoms with Crippen LogP contribution in [0.25, 0.3) is 0 Å². The molecule has 0 spiro atoms. The number of halogens is 1. The van der Waals surface area contributed by atoms with E-state index in [1.807, 2.05) is 18.2 Å². The summed E-state index contributed by atoms with van der Waals surface area (Å²) in [4.78, 5) is 15.8. The number of nitrogens with one attached hydrogen (secondary N) is 2. The first-order valence-electron chi connectivity index (χ1n) is 6.40. The Morgan fingerprint density at radius 1 is 1.15 bits per heavy atom. The molecule has 104 valence electrons. The molecule has 0 aliphatic rings. The Balaban J connectivity index is 1.66. The minimum atomic E-state index is -0.319. The van der Waals surface area contributed by atoms with Gasteiger partial charge in [0.15, 0.2) is 0 Å². The predicted molar refractivity (Wildman–Crippen MR) is 75.6 cm³/mol. The smallest absolute Gasteiger partial charge is 0.225 e. The molecule has 0 radical (unpaired) electrons. The van der Waals surface area contributed by atoms with Crippen LogP contribution in [0.15, 0.2) is 48.7 Å². The zero-order chi connectivity index (χ0) is 14.2. The number of rotatable bonds is 6. The molecule has 2 aromatic rings. The molecule has 1 aromatic carbocycles. The van der Waals surface area contributed by atoms with Crippen LogP contribution < -0.4 is 10.6 Å². The van der Waals surface area contributed by atoms with E-state index >= 15 is 0 Å². The van der Waals surface area contributed by atoms with Gasteiger partial charge in [-0.1, -0.05) is 6.07 Å². The summed E-state index contributed by atoms with van der Waals surface area (Å²) in [5.74, 6) is -0.426. The van der Waals surface area contributed by atoms with Crippen LogP contribution in [0.1, 0.15) is 12.1 Å². The molecule has 1 amide bonds. The van der Waals surface area contributed by atoms with E-state index < -0.39 is 0 Å². The molecule has 2 rings (SSSR count). The molecule has 1 heterocycles. The highest BCUT2D eigenvalue weighted by atomic mass is 19.1. The van der Waals surface area contributed by atoms with Crippen LogP contribution in [0.2, 0.25) is 0 Å². The van der Waals surface area contributed by atoms with Gasteiger partial charge < -0.3 is 10.6 Å². The Labute approximate surface area is 117 Å². The highest BCUT2D eigenvalue weighted by Crippen LogP contribution is 2.08. The fourth-order valence-electron chi connectivity index (χ4n) is 1.68. The van der Waals surface area contributed by atoms with Gasteiger partial charge >= 0.3 is 0 Å². The van der Waals surface area contributed by atoms with Gasteiger partial charge in [-0.3, -0.25) is 9.78 Å². The Hall–Kier alpha value is -2.27. The lowest BCUT2D eigenvalue weighted by Gasteiger charge is -2.06. The lowest BCUT2D eigenvalue weighted by Crippen LogP contribution is -2.21. The molecule has 0 aliphatic carbocycles. The van der Waals surface area contributed by atoms with Gasteiger partial charge in [0.2, 0.25) is 5.91 Å². The summed E-state index contributed by atoms with van der Waals surface area (Å²) in [6.45, 7) is 1.19. The molecule has 5 heteroatoms. The van der Waals surface area contributed by atoms with Crippen LogP contribution in [-0.2, 0) is 11.3 Å². The predicted octanol–water partition coefficient (Wildman–Crippen LogP) is 2.34. The van der Waals surface area contributed by atoms with E-state index in [9.17, 15) is 9.18 Å². The number of benzene rings is 1. The number of pyridine rings is 1. The van der Waals surface area contributed by atoms with Crippen LogP contribution in [0.5, 0.6) is 0 Å². The average Bonchev–Trinajstić information content (AvgIpc) is 2.47. The minimum Gasteiger partial charge on any atom is -0.326 e. The van der Waals surface area contributed by atoms with E-state index in [1.54, 1.807) is 6.20 Å². The first-order valence-corrected chi connectivity index (χ1v) is 6.40. The standard InChI is InChI=1S/C15H16FN3O/c16-12-4-6-13(7-5-12)19-15(20)8-10-17-11-14-3-1-2-9-18-14/h1-7,9,17H,8,10-11H2,(H,19,20).